The molecule has 2 fully saturated rings. The van der Waals surface area contributed by atoms with Gasteiger partial charge >= 0.3 is 0 Å². The third-order valence-corrected chi connectivity index (χ3v) is 4.51. The van der Waals surface area contributed by atoms with Crippen molar-refractivity contribution in [1.29, 1.82) is 0 Å². The first-order chi connectivity index (χ1) is 6.63. The predicted octanol–water partition coefficient (Wildman–Crippen LogP) is 3.20. The number of hydrogen-bond donors (Lipinski definition) is 1. The Kier molecular flexibility index (Phi) is 2.88. The van der Waals surface area contributed by atoms with Gasteiger partial charge in [0, 0.05) is 6.04 Å². The Morgan fingerprint density at radius 3 is 2.29 bits per heavy atom. The lowest BCUT2D eigenvalue weighted by molar-refractivity contribution is 0.344. The molecule has 2 atom stereocenters. The van der Waals surface area contributed by atoms with Gasteiger partial charge in [0.15, 0.2) is 0 Å². The smallest absolute Gasteiger partial charge is 0.0100 e. The number of rotatable bonds is 4. The molecule has 0 aromatic carbocycles. The van der Waals surface area contributed by atoms with Crippen LogP contribution in [0.3, 0.4) is 0 Å². The lowest BCUT2D eigenvalue weighted by atomic mass is 9.93. The van der Waals surface area contributed by atoms with Gasteiger partial charge in [0.25, 0.3) is 0 Å². The molecule has 0 radical (unpaired) electrons. The molecule has 0 amide bonds. The highest BCUT2D eigenvalue weighted by Crippen LogP contribution is 2.54. The van der Waals surface area contributed by atoms with Crippen molar-refractivity contribution in [3.8, 4) is 0 Å². The third kappa shape index (κ3) is 2.13. The second kappa shape index (κ2) is 3.84. The van der Waals surface area contributed by atoms with E-state index in [0.29, 0.717) is 5.41 Å². The molecule has 2 aliphatic carbocycles. The van der Waals surface area contributed by atoms with E-state index in [2.05, 4.69) is 26.2 Å². The van der Waals surface area contributed by atoms with Gasteiger partial charge in [-0.25, -0.2) is 0 Å². The van der Waals surface area contributed by atoms with Crippen molar-refractivity contribution >= 4 is 0 Å². The van der Waals surface area contributed by atoms with E-state index >= 15 is 0 Å². The van der Waals surface area contributed by atoms with Crippen LogP contribution in [0.1, 0.15) is 52.4 Å². The van der Waals surface area contributed by atoms with Crippen LogP contribution < -0.4 is 5.32 Å². The maximum atomic E-state index is 3.55. The SMILES string of the molecule is CNC(CC1CCCC1)C1CC1(C)C. The Labute approximate surface area is 88.7 Å². The van der Waals surface area contributed by atoms with E-state index in [4.69, 9.17) is 0 Å². The van der Waals surface area contributed by atoms with Crippen LogP contribution in [0, 0.1) is 17.3 Å². The molecule has 0 heterocycles. The van der Waals surface area contributed by atoms with Crippen LogP contribution >= 0.6 is 0 Å². The highest BCUT2D eigenvalue weighted by Gasteiger charge is 2.49. The average Bonchev–Trinajstić information content (AvgIpc) is 2.62. The van der Waals surface area contributed by atoms with Crippen LogP contribution in [0.15, 0.2) is 0 Å². The van der Waals surface area contributed by atoms with Gasteiger partial charge in [-0.3, -0.25) is 0 Å². The van der Waals surface area contributed by atoms with Crippen molar-refractivity contribution in [1.82, 2.24) is 5.32 Å². The van der Waals surface area contributed by atoms with Crippen molar-refractivity contribution < 1.29 is 0 Å². The Bertz CT molecular complexity index is 191. The molecule has 82 valence electrons. The van der Waals surface area contributed by atoms with Gasteiger partial charge < -0.3 is 5.32 Å². The van der Waals surface area contributed by atoms with E-state index in [0.717, 1.165) is 17.9 Å². The summed E-state index contributed by atoms with van der Waals surface area (Å²) in [4.78, 5) is 0. The lowest BCUT2D eigenvalue weighted by Crippen LogP contribution is -2.31. The maximum absolute atomic E-state index is 3.55. The second-order valence-corrected chi connectivity index (χ2v) is 6.08. The minimum absolute atomic E-state index is 0.631. The molecule has 2 unspecified atom stereocenters. The highest BCUT2D eigenvalue weighted by molar-refractivity contribution is 5.02. The van der Waals surface area contributed by atoms with Crippen molar-refractivity contribution in [3.63, 3.8) is 0 Å². The molecule has 0 saturated heterocycles. The lowest BCUT2D eigenvalue weighted by Gasteiger charge is -2.21. The zero-order chi connectivity index (χ0) is 10.2. The quantitative estimate of drug-likeness (QED) is 0.726. The average molecular weight is 195 g/mol. The molecule has 2 saturated carbocycles. The normalized spacial score (nSPS) is 33.2. The summed E-state index contributed by atoms with van der Waals surface area (Å²) in [6, 6.07) is 0.799. The molecular weight excluding hydrogens is 170 g/mol. The summed E-state index contributed by atoms with van der Waals surface area (Å²) in [6.07, 6.45) is 8.82. The first-order valence-electron chi connectivity index (χ1n) is 6.31. The minimum Gasteiger partial charge on any atom is -0.317 e. The predicted molar refractivity (Wildman–Crippen MR) is 61.3 cm³/mol. The summed E-state index contributed by atoms with van der Waals surface area (Å²) in [5.74, 6) is 1.98. The van der Waals surface area contributed by atoms with Crippen LogP contribution in [0.25, 0.3) is 0 Å². The molecule has 0 bridgehead atoms. The van der Waals surface area contributed by atoms with Gasteiger partial charge in [0.05, 0.1) is 0 Å². The summed E-state index contributed by atoms with van der Waals surface area (Å²) in [5, 5.41) is 3.55. The summed E-state index contributed by atoms with van der Waals surface area (Å²) < 4.78 is 0. The largest absolute Gasteiger partial charge is 0.317 e. The van der Waals surface area contributed by atoms with E-state index in [1.54, 1.807) is 0 Å². The van der Waals surface area contributed by atoms with Gasteiger partial charge in [-0.1, -0.05) is 39.5 Å². The standard InChI is InChI=1S/C13H25N/c1-13(2)9-11(13)12(14-3)8-10-6-4-5-7-10/h10-12,14H,4-9H2,1-3H3. The monoisotopic (exact) mass is 195 g/mol. The first kappa shape index (κ1) is 10.5. The third-order valence-electron chi connectivity index (χ3n) is 4.51. The maximum Gasteiger partial charge on any atom is 0.0100 e. The number of nitrogens with one attached hydrogen (secondary N) is 1. The van der Waals surface area contributed by atoms with Gasteiger partial charge in [0.2, 0.25) is 0 Å². The fraction of sp³-hybridized carbons (Fsp3) is 1.00. The van der Waals surface area contributed by atoms with E-state index in [-0.39, 0.29) is 0 Å². The number of hydrogen-bond acceptors (Lipinski definition) is 1. The molecule has 14 heavy (non-hydrogen) atoms. The fourth-order valence-corrected chi connectivity index (χ4v) is 3.28. The van der Waals surface area contributed by atoms with Crippen molar-refractivity contribution in [2.75, 3.05) is 7.05 Å². The van der Waals surface area contributed by atoms with Crippen LogP contribution in [0.4, 0.5) is 0 Å². The summed E-state index contributed by atoms with van der Waals surface area (Å²) >= 11 is 0. The molecular formula is C13H25N. The van der Waals surface area contributed by atoms with Gasteiger partial charge in [0.1, 0.15) is 0 Å². The topological polar surface area (TPSA) is 12.0 Å². The van der Waals surface area contributed by atoms with Crippen molar-refractivity contribution in [2.24, 2.45) is 17.3 Å². The Morgan fingerprint density at radius 2 is 1.86 bits per heavy atom. The second-order valence-electron chi connectivity index (χ2n) is 6.08. The fourth-order valence-electron chi connectivity index (χ4n) is 3.28. The van der Waals surface area contributed by atoms with Gasteiger partial charge in [-0.2, -0.15) is 0 Å². The van der Waals surface area contributed by atoms with Gasteiger partial charge in [-0.05, 0) is 37.1 Å². The van der Waals surface area contributed by atoms with E-state index in [1.807, 2.05) is 0 Å². The van der Waals surface area contributed by atoms with Crippen molar-refractivity contribution in [3.05, 3.63) is 0 Å². The molecule has 1 heteroatoms. The Balaban J connectivity index is 1.81. The van der Waals surface area contributed by atoms with E-state index in [9.17, 15) is 0 Å². The molecule has 0 spiro atoms. The molecule has 0 aromatic heterocycles. The zero-order valence-electron chi connectivity index (χ0n) is 9.97. The molecule has 1 N–H and O–H groups in total. The van der Waals surface area contributed by atoms with E-state index < -0.39 is 0 Å². The highest BCUT2D eigenvalue weighted by atomic mass is 14.9. The molecule has 1 nitrogen and oxygen atoms in total. The van der Waals surface area contributed by atoms with Crippen LogP contribution in [0.2, 0.25) is 0 Å². The molecule has 0 aromatic rings. The van der Waals surface area contributed by atoms with Crippen LogP contribution in [-0.4, -0.2) is 13.1 Å². The van der Waals surface area contributed by atoms with E-state index in [1.165, 1.54) is 38.5 Å². The first-order valence-corrected chi connectivity index (χ1v) is 6.31. The molecule has 2 rings (SSSR count). The Hall–Kier alpha value is -0.0400. The van der Waals surface area contributed by atoms with Crippen LogP contribution in [0.5, 0.6) is 0 Å². The van der Waals surface area contributed by atoms with Crippen molar-refractivity contribution in [2.45, 2.75) is 58.4 Å². The summed E-state index contributed by atoms with van der Waals surface area (Å²) in [6.45, 7) is 4.83. The summed E-state index contributed by atoms with van der Waals surface area (Å²) in [5.41, 5.74) is 0.631. The Morgan fingerprint density at radius 1 is 1.29 bits per heavy atom. The van der Waals surface area contributed by atoms with Gasteiger partial charge in [-0.15, -0.1) is 0 Å². The summed E-state index contributed by atoms with van der Waals surface area (Å²) in [7, 11) is 2.15. The zero-order valence-corrected chi connectivity index (χ0v) is 9.97. The minimum atomic E-state index is 0.631. The molecule has 0 aliphatic heterocycles. The van der Waals surface area contributed by atoms with Crippen LogP contribution in [-0.2, 0) is 0 Å². The molecule has 2 aliphatic rings.